The Kier molecular flexibility index (Phi) is 8.28. The molecule has 0 aliphatic heterocycles. The first kappa shape index (κ1) is 28.6. The number of carbonyl (C=O) groups is 1. The van der Waals surface area contributed by atoms with Crippen LogP contribution in [0.3, 0.4) is 0 Å². The van der Waals surface area contributed by atoms with Crippen LogP contribution in [-0.2, 0) is 34.2 Å². The fraction of sp³-hybridized carbons (Fsp3) is 0.269. The van der Waals surface area contributed by atoms with Crippen LogP contribution >= 0.6 is 23.1 Å². The molecule has 41 heavy (non-hydrogen) atoms. The van der Waals surface area contributed by atoms with Crippen LogP contribution in [0.2, 0.25) is 0 Å². The maximum absolute atomic E-state index is 13.3. The summed E-state index contributed by atoms with van der Waals surface area (Å²) in [6, 6.07) is 6.92. The summed E-state index contributed by atoms with van der Waals surface area (Å²) in [6.07, 6.45) is 4.52. The van der Waals surface area contributed by atoms with Crippen molar-refractivity contribution >= 4 is 60.8 Å². The number of amides is 1. The lowest BCUT2D eigenvalue weighted by Gasteiger charge is -2.11. The number of allylic oxidation sites excluding steroid dienone is 1. The number of nitrogens with zero attached hydrogens (tertiary/aromatic N) is 4. The van der Waals surface area contributed by atoms with Gasteiger partial charge in [-0.3, -0.25) is 18.9 Å². The third-order valence-corrected chi connectivity index (χ3v) is 9.73. The highest BCUT2D eigenvalue weighted by Crippen LogP contribution is 2.35. The summed E-state index contributed by atoms with van der Waals surface area (Å²) in [5.41, 5.74) is 1.40. The molecule has 2 N–H and O–H groups in total. The van der Waals surface area contributed by atoms with Crippen LogP contribution < -0.4 is 25.1 Å². The first-order valence-corrected chi connectivity index (χ1v) is 15.7. The van der Waals surface area contributed by atoms with Gasteiger partial charge in [0, 0.05) is 23.2 Å². The highest BCUT2D eigenvalue weighted by atomic mass is 32.2. The molecule has 5 rings (SSSR count). The lowest BCUT2D eigenvalue weighted by atomic mass is 10.2. The van der Waals surface area contributed by atoms with Gasteiger partial charge in [-0.05, 0) is 49.1 Å². The summed E-state index contributed by atoms with van der Waals surface area (Å²) >= 11 is 2.71. The molecule has 0 bridgehead atoms. The number of nitrogens with one attached hydrogen (secondary N) is 2. The lowest BCUT2D eigenvalue weighted by Crippen LogP contribution is -2.24. The molecule has 214 valence electrons. The topological polar surface area (TPSA) is 154 Å². The molecule has 1 aromatic carbocycles. The normalized spacial score (nSPS) is 12.6. The second kappa shape index (κ2) is 11.9. The number of benzene rings is 1. The zero-order valence-corrected chi connectivity index (χ0v) is 24.6. The number of thioether (sulfide) groups is 1. The van der Waals surface area contributed by atoms with Crippen molar-refractivity contribution in [1.82, 2.24) is 19.5 Å². The van der Waals surface area contributed by atoms with E-state index in [1.54, 1.807) is 22.0 Å². The first-order valence-electron chi connectivity index (χ1n) is 12.4. The largest absolute Gasteiger partial charge is 0.481 e. The molecule has 0 saturated heterocycles. The zero-order valence-electron chi connectivity index (χ0n) is 22.2. The molecule has 4 aromatic rings. The molecular formula is C26H26N6O6S3. The van der Waals surface area contributed by atoms with E-state index in [9.17, 15) is 18.0 Å². The van der Waals surface area contributed by atoms with Crippen LogP contribution in [0.5, 0.6) is 11.9 Å². The summed E-state index contributed by atoms with van der Waals surface area (Å²) in [7, 11) is -1.27. The van der Waals surface area contributed by atoms with Crippen molar-refractivity contribution in [3.63, 3.8) is 0 Å². The number of sulfonamides is 1. The average molecular weight is 615 g/mol. The molecular weight excluding hydrogens is 589 g/mol. The molecule has 15 heteroatoms. The van der Waals surface area contributed by atoms with Crippen LogP contribution in [0.25, 0.3) is 10.2 Å². The predicted molar refractivity (Wildman–Crippen MR) is 158 cm³/mol. The first-order chi connectivity index (χ1) is 19.7. The Balaban J connectivity index is 1.26. The van der Waals surface area contributed by atoms with Crippen molar-refractivity contribution in [2.45, 2.75) is 35.9 Å². The average Bonchev–Trinajstić information content (AvgIpc) is 3.54. The van der Waals surface area contributed by atoms with Crippen molar-refractivity contribution in [1.29, 1.82) is 0 Å². The summed E-state index contributed by atoms with van der Waals surface area (Å²) in [5, 5.41) is 3.87. The quantitative estimate of drug-likeness (QED) is 0.146. The number of aryl methyl sites for hydroxylation is 2. The third-order valence-electron chi connectivity index (χ3n) is 6.20. The smallest absolute Gasteiger partial charge is 0.321 e. The van der Waals surface area contributed by atoms with Crippen molar-refractivity contribution < 1.29 is 22.7 Å². The van der Waals surface area contributed by atoms with Gasteiger partial charge in [0.2, 0.25) is 11.8 Å². The molecule has 0 unspecified atom stereocenters. The number of methoxy groups -OCH3 is 2. The minimum Gasteiger partial charge on any atom is -0.481 e. The number of fused-ring (bicyclic) bond motifs is 3. The van der Waals surface area contributed by atoms with E-state index in [4.69, 9.17) is 14.5 Å². The van der Waals surface area contributed by atoms with Crippen LogP contribution in [-0.4, -0.2) is 53.8 Å². The molecule has 0 radical (unpaired) electrons. The molecule has 12 nitrogen and oxygen atoms in total. The minimum absolute atomic E-state index is 0.000831. The Morgan fingerprint density at radius 2 is 1.95 bits per heavy atom. The number of thiophene rings is 1. The summed E-state index contributed by atoms with van der Waals surface area (Å²) in [6.45, 7) is 4.04. The fourth-order valence-corrected chi connectivity index (χ4v) is 7.45. The van der Waals surface area contributed by atoms with Crippen molar-refractivity contribution in [2.24, 2.45) is 0 Å². The van der Waals surface area contributed by atoms with Gasteiger partial charge in [0.25, 0.3) is 15.6 Å². The van der Waals surface area contributed by atoms with Gasteiger partial charge < -0.3 is 14.8 Å². The van der Waals surface area contributed by atoms with E-state index in [1.165, 1.54) is 49.4 Å². The molecule has 0 saturated carbocycles. The maximum Gasteiger partial charge on any atom is 0.321 e. The highest BCUT2D eigenvalue weighted by Gasteiger charge is 2.23. The summed E-state index contributed by atoms with van der Waals surface area (Å²) in [4.78, 5) is 40.5. The molecule has 0 spiro atoms. The summed E-state index contributed by atoms with van der Waals surface area (Å²) < 4.78 is 39.6. The van der Waals surface area contributed by atoms with E-state index in [0.717, 1.165) is 36.6 Å². The SMILES string of the molecule is C=CCn1c(SCC(=O)Nc2ccc(S(=O)(=O)Nc3cc(OC)nc(OC)n3)cc2)nc2sc3c(c2c1=O)CCC3. The van der Waals surface area contributed by atoms with Crippen molar-refractivity contribution in [2.75, 3.05) is 30.0 Å². The molecule has 0 atom stereocenters. The van der Waals surface area contributed by atoms with Crippen LogP contribution in [0.4, 0.5) is 11.5 Å². The molecule has 1 amide bonds. The number of rotatable bonds is 11. The number of carbonyl (C=O) groups excluding carboxylic acids is 1. The molecule has 1 aliphatic carbocycles. The number of aromatic nitrogens is 4. The zero-order chi connectivity index (χ0) is 29.1. The van der Waals surface area contributed by atoms with E-state index in [2.05, 4.69) is 26.6 Å². The Labute approximate surface area is 243 Å². The number of anilines is 2. The van der Waals surface area contributed by atoms with E-state index < -0.39 is 10.0 Å². The molecule has 3 heterocycles. The van der Waals surface area contributed by atoms with Crippen molar-refractivity contribution in [3.8, 4) is 11.9 Å². The summed E-state index contributed by atoms with van der Waals surface area (Å²) in [5.74, 6) is -0.241. The monoisotopic (exact) mass is 614 g/mol. The minimum atomic E-state index is -4.00. The van der Waals surface area contributed by atoms with Crippen LogP contribution in [0.1, 0.15) is 16.9 Å². The van der Waals surface area contributed by atoms with Crippen LogP contribution in [0.15, 0.2) is 57.8 Å². The third kappa shape index (κ3) is 6.06. The Morgan fingerprint density at radius 3 is 2.66 bits per heavy atom. The Bertz CT molecular complexity index is 1780. The van der Waals surface area contributed by atoms with Gasteiger partial charge in [-0.25, -0.2) is 13.4 Å². The fourth-order valence-electron chi connectivity index (χ4n) is 4.35. The second-order valence-corrected chi connectivity index (χ2v) is 12.6. The van der Waals surface area contributed by atoms with Gasteiger partial charge >= 0.3 is 6.01 Å². The molecule has 3 aromatic heterocycles. The standard InChI is InChI=1S/C26H26N6O6S3/c1-4-12-32-24(34)22-17-6-5-7-18(17)40-23(22)30-26(32)39-14-20(33)27-15-8-10-16(11-9-15)41(35,36)31-19-13-21(37-2)29-25(28-19)38-3/h4,8-11,13H,1,5-7,12,14H2,2-3H3,(H,27,33)(H,28,29,31). The Hall–Kier alpha value is -3.95. The van der Waals surface area contributed by atoms with Gasteiger partial charge in [0.15, 0.2) is 11.0 Å². The van der Waals surface area contributed by atoms with Gasteiger partial charge in [-0.1, -0.05) is 17.8 Å². The number of hydrogen-bond donors (Lipinski definition) is 2. The van der Waals surface area contributed by atoms with Gasteiger partial charge in [0.1, 0.15) is 4.83 Å². The predicted octanol–water partition coefficient (Wildman–Crippen LogP) is 3.47. The van der Waals surface area contributed by atoms with Gasteiger partial charge in [-0.15, -0.1) is 17.9 Å². The lowest BCUT2D eigenvalue weighted by molar-refractivity contribution is -0.113. The number of ether oxygens (including phenoxy) is 2. The van der Waals surface area contributed by atoms with Gasteiger partial charge in [0.05, 0.1) is 30.3 Å². The van der Waals surface area contributed by atoms with E-state index in [-0.39, 0.29) is 46.4 Å². The molecule has 1 aliphatic rings. The highest BCUT2D eigenvalue weighted by molar-refractivity contribution is 7.99. The van der Waals surface area contributed by atoms with E-state index in [0.29, 0.717) is 21.1 Å². The van der Waals surface area contributed by atoms with Gasteiger partial charge in [-0.2, -0.15) is 9.97 Å². The molecule has 0 fully saturated rings. The maximum atomic E-state index is 13.3. The second-order valence-electron chi connectivity index (χ2n) is 8.89. The van der Waals surface area contributed by atoms with Crippen LogP contribution in [0, 0.1) is 0 Å². The van der Waals surface area contributed by atoms with E-state index >= 15 is 0 Å². The van der Waals surface area contributed by atoms with Crippen molar-refractivity contribution in [3.05, 3.63) is 63.8 Å². The Morgan fingerprint density at radius 1 is 1.17 bits per heavy atom. The number of hydrogen-bond acceptors (Lipinski definition) is 11. The van der Waals surface area contributed by atoms with E-state index in [1.807, 2.05) is 0 Å².